The molecule has 2 fully saturated rings. The second-order valence-electron chi connectivity index (χ2n) is 5.02. The second kappa shape index (κ2) is 5.01. The van der Waals surface area contributed by atoms with Crippen molar-refractivity contribution >= 4 is 11.8 Å². The van der Waals surface area contributed by atoms with Gasteiger partial charge in [-0.3, -0.25) is 0 Å². The number of hydrogen-bond donors (Lipinski definition) is 1. The SMILES string of the molecule is Cc1cc(SC2COC2)ccc1CNC1CC1. The zero-order valence-electron chi connectivity index (χ0n) is 10.2. The van der Waals surface area contributed by atoms with Crippen LogP contribution < -0.4 is 5.32 Å². The van der Waals surface area contributed by atoms with Gasteiger partial charge < -0.3 is 10.1 Å². The number of thioether (sulfide) groups is 1. The van der Waals surface area contributed by atoms with Gasteiger partial charge in [0, 0.05) is 17.5 Å². The first kappa shape index (κ1) is 11.6. The van der Waals surface area contributed by atoms with Gasteiger partial charge in [-0.05, 0) is 43.0 Å². The van der Waals surface area contributed by atoms with E-state index in [4.69, 9.17) is 4.74 Å². The summed E-state index contributed by atoms with van der Waals surface area (Å²) in [5.41, 5.74) is 2.84. The smallest absolute Gasteiger partial charge is 0.0611 e. The van der Waals surface area contributed by atoms with E-state index in [9.17, 15) is 0 Å². The van der Waals surface area contributed by atoms with Gasteiger partial charge in [0.2, 0.25) is 0 Å². The van der Waals surface area contributed by atoms with Crippen LogP contribution in [0.25, 0.3) is 0 Å². The van der Waals surface area contributed by atoms with Crippen molar-refractivity contribution in [3.05, 3.63) is 29.3 Å². The third-order valence-corrected chi connectivity index (χ3v) is 4.51. The molecule has 0 aromatic heterocycles. The molecule has 0 bridgehead atoms. The lowest BCUT2D eigenvalue weighted by atomic mass is 10.1. The molecule has 3 rings (SSSR count). The van der Waals surface area contributed by atoms with Gasteiger partial charge in [-0.15, -0.1) is 11.8 Å². The average molecular weight is 249 g/mol. The molecule has 2 aliphatic rings. The van der Waals surface area contributed by atoms with E-state index in [1.165, 1.54) is 28.9 Å². The Bertz CT molecular complexity index is 399. The first-order valence-corrected chi connectivity index (χ1v) is 7.26. The highest BCUT2D eigenvalue weighted by molar-refractivity contribution is 8.00. The summed E-state index contributed by atoms with van der Waals surface area (Å²) in [7, 11) is 0. The van der Waals surface area contributed by atoms with Crippen LogP contribution in [0.3, 0.4) is 0 Å². The Kier molecular flexibility index (Phi) is 3.41. The van der Waals surface area contributed by atoms with Crippen molar-refractivity contribution in [3.63, 3.8) is 0 Å². The molecular weight excluding hydrogens is 230 g/mol. The number of ether oxygens (including phenoxy) is 1. The van der Waals surface area contributed by atoms with Crippen molar-refractivity contribution in [3.8, 4) is 0 Å². The van der Waals surface area contributed by atoms with Crippen molar-refractivity contribution in [1.82, 2.24) is 5.32 Å². The molecule has 1 aromatic carbocycles. The molecule has 1 aliphatic carbocycles. The average Bonchev–Trinajstić information content (AvgIpc) is 3.06. The molecule has 3 heteroatoms. The fourth-order valence-electron chi connectivity index (χ4n) is 1.96. The molecule has 0 spiro atoms. The van der Waals surface area contributed by atoms with Crippen molar-refractivity contribution in [2.75, 3.05) is 13.2 Å². The van der Waals surface area contributed by atoms with Gasteiger partial charge in [0.25, 0.3) is 0 Å². The summed E-state index contributed by atoms with van der Waals surface area (Å²) in [6.45, 7) is 5.06. The normalized spacial score (nSPS) is 20.3. The first-order chi connectivity index (χ1) is 8.31. The molecule has 2 nitrogen and oxygen atoms in total. The molecule has 1 heterocycles. The van der Waals surface area contributed by atoms with Crippen LogP contribution in [0.15, 0.2) is 23.1 Å². The predicted molar refractivity (Wildman–Crippen MR) is 71.5 cm³/mol. The highest BCUT2D eigenvalue weighted by atomic mass is 32.2. The highest BCUT2D eigenvalue weighted by Gasteiger charge is 2.21. The Morgan fingerprint density at radius 3 is 2.76 bits per heavy atom. The Labute approximate surface area is 107 Å². The maximum absolute atomic E-state index is 5.20. The van der Waals surface area contributed by atoms with E-state index in [0.717, 1.165) is 25.8 Å². The maximum atomic E-state index is 5.20. The van der Waals surface area contributed by atoms with Crippen molar-refractivity contribution in [2.45, 2.75) is 42.5 Å². The maximum Gasteiger partial charge on any atom is 0.0611 e. The van der Waals surface area contributed by atoms with Crippen LogP contribution in [-0.4, -0.2) is 24.5 Å². The Morgan fingerprint density at radius 1 is 1.35 bits per heavy atom. The fraction of sp³-hybridized carbons (Fsp3) is 0.571. The van der Waals surface area contributed by atoms with Crippen LogP contribution in [-0.2, 0) is 11.3 Å². The molecule has 92 valence electrons. The minimum Gasteiger partial charge on any atom is -0.379 e. The van der Waals surface area contributed by atoms with Gasteiger partial charge in [-0.1, -0.05) is 6.07 Å². The molecule has 17 heavy (non-hydrogen) atoms. The highest BCUT2D eigenvalue weighted by Crippen LogP contribution is 2.29. The van der Waals surface area contributed by atoms with Gasteiger partial charge in [0.05, 0.1) is 18.5 Å². The monoisotopic (exact) mass is 249 g/mol. The van der Waals surface area contributed by atoms with Crippen LogP contribution in [0.5, 0.6) is 0 Å². The number of aryl methyl sites for hydroxylation is 1. The number of nitrogens with one attached hydrogen (secondary N) is 1. The Morgan fingerprint density at radius 2 is 2.18 bits per heavy atom. The molecule has 0 radical (unpaired) electrons. The number of hydrogen-bond acceptors (Lipinski definition) is 3. The topological polar surface area (TPSA) is 21.3 Å². The summed E-state index contributed by atoms with van der Waals surface area (Å²) < 4.78 is 5.20. The molecule has 0 unspecified atom stereocenters. The zero-order valence-corrected chi connectivity index (χ0v) is 11.1. The van der Waals surface area contributed by atoms with Crippen LogP contribution in [0.2, 0.25) is 0 Å². The van der Waals surface area contributed by atoms with Gasteiger partial charge in [0.1, 0.15) is 0 Å². The zero-order chi connectivity index (χ0) is 11.7. The van der Waals surface area contributed by atoms with Gasteiger partial charge in [-0.2, -0.15) is 0 Å². The van der Waals surface area contributed by atoms with Gasteiger partial charge in [-0.25, -0.2) is 0 Å². The van der Waals surface area contributed by atoms with Crippen molar-refractivity contribution in [1.29, 1.82) is 0 Å². The summed E-state index contributed by atoms with van der Waals surface area (Å²) in [6, 6.07) is 7.62. The van der Waals surface area contributed by atoms with E-state index in [0.29, 0.717) is 5.25 Å². The molecule has 1 aliphatic heterocycles. The van der Waals surface area contributed by atoms with Crippen LogP contribution in [0.4, 0.5) is 0 Å². The van der Waals surface area contributed by atoms with E-state index in [1.807, 2.05) is 11.8 Å². The molecule has 1 saturated carbocycles. The van der Waals surface area contributed by atoms with E-state index in [1.54, 1.807) is 0 Å². The van der Waals surface area contributed by atoms with Crippen LogP contribution >= 0.6 is 11.8 Å². The lowest BCUT2D eigenvalue weighted by Gasteiger charge is -2.25. The third-order valence-electron chi connectivity index (χ3n) is 3.38. The summed E-state index contributed by atoms with van der Waals surface area (Å²) >= 11 is 1.94. The molecule has 1 saturated heterocycles. The summed E-state index contributed by atoms with van der Waals surface area (Å²) in [6.07, 6.45) is 2.71. The fourth-order valence-corrected chi connectivity index (χ4v) is 3.06. The lowest BCUT2D eigenvalue weighted by molar-refractivity contribution is 0.0455. The summed E-state index contributed by atoms with van der Waals surface area (Å²) in [5.74, 6) is 0. The van der Waals surface area contributed by atoms with Crippen molar-refractivity contribution < 1.29 is 4.74 Å². The second-order valence-corrected chi connectivity index (χ2v) is 6.39. The Balaban J connectivity index is 1.60. The van der Waals surface area contributed by atoms with Crippen LogP contribution in [0.1, 0.15) is 24.0 Å². The largest absolute Gasteiger partial charge is 0.379 e. The van der Waals surface area contributed by atoms with Crippen molar-refractivity contribution in [2.24, 2.45) is 0 Å². The standard InChI is InChI=1S/C14H19NOS/c1-10-6-13(17-14-8-16-9-14)5-2-11(10)7-15-12-3-4-12/h2,5-6,12,14-15H,3-4,7-9H2,1H3. The molecule has 0 atom stereocenters. The van der Waals surface area contributed by atoms with Gasteiger partial charge in [0.15, 0.2) is 0 Å². The molecule has 1 N–H and O–H groups in total. The number of rotatable bonds is 5. The van der Waals surface area contributed by atoms with E-state index >= 15 is 0 Å². The first-order valence-electron chi connectivity index (χ1n) is 6.38. The van der Waals surface area contributed by atoms with Gasteiger partial charge >= 0.3 is 0 Å². The molecule has 1 aromatic rings. The van der Waals surface area contributed by atoms with E-state index < -0.39 is 0 Å². The quantitative estimate of drug-likeness (QED) is 0.867. The predicted octanol–water partition coefficient (Wildman–Crippen LogP) is 2.74. The van der Waals surface area contributed by atoms with E-state index in [2.05, 4.69) is 30.4 Å². The minimum atomic E-state index is 0.671. The minimum absolute atomic E-state index is 0.671. The lowest BCUT2D eigenvalue weighted by Crippen LogP contribution is -2.30. The molecule has 0 amide bonds. The van der Waals surface area contributed by atoms with E-state index in [-0.39, 0.29) is 0 Å². The summed E-state index contributed by atoms with van der Waals surface area (Å²) in [4.78, 5) is 1.38. The third kappa shape index (κ3) is 3.03. The molecular formula is C14H19NOS. The number of benzene rings is 1. The summed E-state index contributed by atoms with van der Waals surface area (Å²) in [5, 5.41) is 4.24. The van der Waals surface area contributed by atoms with Crippen LogP contribution in [0, 0.1) is 6.92 Å². The Hall–Kier alpha value is -0.510.